The molecule has 0 spiro atoms. The molecule has 1 saturated carbocycles. The smallest absolute Gasteiger partial charge is 0.253 e. The van der Waals surface area contributed by atoms with Crippen molar-refractivity contribution in [3.05, 3.63) is 77.7 Å². The number of fused-ring (bicyclic) bond motifs is 2. The van der Waals surface area contributed by atoms with Gasteiger partial charge in [-0.15, -0.1) is 0 Å². The minimum absolute atomic E-state index is 0.248. The summed E-state index contributed by atoms with van der Waals surface area (Å²) < 4.78 is 16.4. The first-order valence-electron chi connectivity index (χ1n) is 10.1. The van der Waals surface area contributed by atoms with Crippen LogP contribution in [0, 0.1) is 18.7 Å². The predicted molar refractivity (Wildman–Crippen MR) is 112 cm³/mol. The van der Waals surface area contributed by atoms with E-state index < -0.39 is 23.2 Å². The summed E-state index contributed by atoms with van der Waals surface area (Å²) in [6.45, 7) is 1.75. The van der Waals surface area contributed by atoms with E-state index in [9.17, 15) is 18.8 Å². The van der Waals surface area contributed by atoms with Crippen molar-refractivity contribution in [3.8, 4) is 16.9 Å². The Morgan fingerprint density at radius 3 is 2.45 bits per heavy atom. The third-order valence-corrected chi connectivity index (χ3v) is 6.24. The van der Waals surface area contributed by atoms with Crippen LogP contribution in [0.3, 0.4) is 0 Å². The van der Waals surface area contributed by atoms with Gasteiger partial charge in [0.2, 0.25) is 5.91 Å². The number of amides is 3. The molecule has 0 atom stereocenters. The minimum atomic E-state index is -1.06. The van der Waals surface area contributed by atoms with Crippen LogP contribution in [-0.2, 0) is 9.59 Å². The van der Waals surface area contributed by atoms with Gasteiger partial charge in [0.1, 0.15) is 11.4 Å². The van der Waals surface area contributed by atoms with Crippen molar-refractivity contribution in [1.29, 1.82) is 0 Å². The lowest BCUT2D eigenvalue weighted by Crippen LogP contribution is -2.73. The van der Waals surface area contributed by atoms with Gasteiger partial charge in [0.05, 0.1) is 16.9 Å². The highest BCUT2D eigenvalue weighted by Crippen LogP contribution is 2.42. The van der Waals surface area contributed by atoms with E-state index in [0.717, 1.165) is 5.56 Å². The van der Waals surface area contributed by atoms with Gasteiger partial charge in [-0.05, 0) is 43.5 Å². The fraction of sp³-hybridized carbons (Fsp3) is 0.208. The summed E-state index contributed by atoms with van der Waals surface area (Å²) >= 11 is 0. The number of nitrogens with one attached hydrogen (secondary N) is 2. The summed E-state index contributed by atoms with van der Waals surface area (Å²) in [4.78, 5) is 37.3. The Morgan fingerprint density at radius 1 is 1.10 bits per heavy atom. The summed E-state index contributed by atoms with van der Waals surface area (Å²) in [5, 5.41) is 5.16. The Labute approximate surface area is 178 Å². The summed E-state index contributed by atoms with van der Waals surface area (Å²) in [7, 11) is 0. The normalized spacial score (nSPS) is 21.9. The van der Waals surface area contributed by atoms with E-state index in [0.29, 0.717) is 35.5 Å². The number of para-hydroxylation sites is 1. The van der Waals surface area contributed by atoms with Crippen LogP contribution in [0.1, 0.15) is 28.9 Å². The van der Waals surface area contributed by atoms with Gasteiger partial charge in [0.15, 0.2) is 0 Å². The first kappa shape index (κ1) is 19.2. The van der Waals surface area contributed by atoms with Crippen LogP contribution in [0.25, 0.3) is 16.9 Å². The van der Waals surface area contributed by atoms with E-state index in [1.807, 2.05) is 30.3 Å². The zero-order chi connectivity index (χ0) is 21.8. The van der Waals surface area contributed by atoms with Crippen molar-refractivity contribution in [2.75, 3.05) is 0 Å². The monoisotopic (exact) mass is 417 g/mol. The largest absolute Gasteiger partial charge is 0.337 e. The maximum absolute atomic E-state index is 14.7. The highest BCUT2D eigenvalue weighted by atomic mass is 19.1. The van der Waals surface area contributed by atoms with E-state index in [1.54, 1.807) is 35.8 Å². The SMILES string of the molecule is Cc1c(C(=O)NC23CC(C2)C(=O)NC3=O)cc(-c2ccccc2)n1-c1ccccc1F. The van der Waals surface area contributed by atoms with Crippen molar-refractivity contribution < 1.29 is 18.8 Å². The lowest BCUT2D eigenvalue weighted by molar-refractivity contribution is -0.152. The van der Waals surface area contributed by atoms with Crippen molar-refractivity contribution in [2.24, 2.45) is 5.92 Å². The van der Waals surface area contributed by atoms with Gasteiger partial charge in [0.25, 0.3) is 11.8 Å². The van der Waals surface area contributed by atoms with Crippen LogP contribution in [0.5, 0.6) is 0 Å². The van der Waals surface area contributed by atoms with E-state index in [1.165, 1.54) is 6.07 Å². The van der Waals surface area contributed by atoms with Crippen LogP contribution in [0.15, 0.2) is 60.7 Å². The average molecular weight is 417 g/mol. The maximum atomic E-state index is 14.7. The third kappa shape index (κ3) is 2.96. The molecule has 7 heteroatoms. The van der Waals surface area contributed by atoms with Crippen molar-refractivity contribution >= 4 is 17.7 Å². The first-order chi connectivity index (χ1) is 14.9. The fourth-order valence-corrected chi connectivity index (χ4v) is 4.53. The van der Waals surface area contributed by atoms with Crippen LogP contribution in [0.4, 0.5) is 4.39 Å². The standard InChI is InChI=1S/C24H20FN3O3/c1-14-17(22(30)27-24-12-16(13-24)21(29)26-23(24)31)11-20(15-7-3-2-4-8-15)28(14)19-10-6-5-9-18(19)25/h2-11,16H,12-13H2,1H3,(H,27,30)(H,26,29,31). The lowest BCUT2D eigenvalue weighted by atomic mass is 9.64. The van der Waals surface area contributed by atoms with Gasteiger partial charge in [0, 0.05) is 11.6 Å². The molecule has 156 valence electrons. The molecule has 2 aromatic carbocycles. The van der Waals surface area contributed by atoms with E-state index in [4.69, 9.17) is 0 Å². The Morgan fingerprint density at radius 2 is 1.77 bits per heavy atom. The number of aromatic nitrogens is 1. The molecule has 3 heterocycles. The van der Waals surface area contributed by atoms with Crippen molar-refractivity contribution in [1.82, 2.24) is 15.2 Å². The molecular formula is C24H20FN3O3. The molecule has 3 fully saturated rings. The van der Waals surface area contributed by atoms with Crippen molar-refractivity contribution in [3.63, 3.8) is 0 Å². The molecule has 3 aliphatic rings. The van der Waals surface area contributed by atoms with Crippen LogP contribution in [0.2, 0.25) is 0 Å². The Balaban J connectivity index is 1.57. The molecular weight excluding hydrogens is 397 g/mol. The van der Waals surface area contributed by atoms with Gasteiger partial charge in [-0.1, -0.05) is 42.5 Å². The number of halogens is 1. The number of benzene rings is 2. The van der Waals surface area contributed by atoms with Crippen LogP contribution in [-0.4, -0.2) is 27.8 Å². The topological polar surface area (TPSA) is 80.2 Å². The lowest BCUT2D eigenvalue weighted by Gasteiger charge is -2.49. The predicted octanol–water partition coefficient (Wildman–Crippen LogP) is 3.13. The Kier molecular flexibility index (Phi) is 4.28. The zero-order valence-corrected chi connectivity index (χ0v) is 16.8. The number of nitrogens with zero attached hydrogens (tertiary/aromatic N) is 1. The molecule has 6 nitrogen and oxygen atoms in total. The molecule has 1 aliphatic carbocycles. The molecule has 31 heavy (non-hydrogen) atoms. The molecule has 2 saturated heterocycles. The Hall–Kier alpha value is -3.74. The maximum Gasteiger partial charge on any atom is 0.253 e. The summed E-state index contributed by atoms with van der Waals surface area (Å²) in [5.74, 6) is -1.83. The quantitative estimate of drug-likeness (QED) is 0.640. The molecule has 2 aliphatic heterocycles. The van der Waals surface area contributed by atoms with Gasteiger partial charge < -0.3 is 9.88 Å². The summed E-state index contributed by atoms with van der Waals surface area (Å²) in [6.07, 6.45) is 0.615. The minimum Gasteiger partial charge on any atom is -0.337 e. The van der Waals surface area contributed by atoms with Gasteiger partial charge in [-0.25, -0.2) is 4.39 Å². The summed E-state index contributed by atoms with van der Waals surface area (Å²) in [6, 6.07) is 17.5. The van der Waals surface area contributed by atoms with E-state index in [-0.39, 0.29) is 11.8 Å². The van der Waals surface area contributed by atoms with Crippen molar-refractivity contribution in [2.45, 2.75) is 25.3 Å². The molecule has 3 aromatic rings. The second kappa shape index (κ2) is 6.91. The molecule has 3 amide bonds. The molecule has 6 rings (SSSR count). The number of imide groups is 1. The Bertz CT molecular complexity index is 1230. The summed E-state index contributed by atoms with van der Waals surface area (Å²) in [5.41, 5.74) is 1.68. The molecule has 0 radical (unpaired) electrons. The van der Waals surface area contributed by atoms with Crippen LogP contribution >= 0.6 is 0 Å². The number of carbonyl (C=O) groups is 3. The van der Waals surface area contributed by atoms with Gasteiger partial charge in [-0.3, -0.25) is 19.7 Å². The highest BCUT2D eigenvalue weighted by Gasteiger charge is 2.58. The zero-order valence-electron chi connectivity index (χ0n) is 16.8. The van der Waals surface area contributed by atoms with Gasteiger partial charge >= 0.3 is 0 Å². The number of piperidine rings is 2. The average Bonchev–Trinajstić information content (AvgIpc) is 3.07. The molecule has 2 N–H and O–H groups in total. The number of hydrogen-bond donors (Lipinski definition) is 2. The van der Waals surface area contributed by atoms with Crippen LogP contribution < -0.4 is 10.6 Å². The number of carbonyl (C=O) groups excluding carboxylic acids is 3. The number of rotatable bonds is 4. The second-order valence-corrected chi connectivity index (χ2v) is 8.14. The van der Waals surface area contributed by atoms with Gasteiger partial charge in [-0.2, -0.15) is 0 Å². The fourth-order valence-electron chi connectivity index (χ4n) is 4.53. The molecule has 0 unspecified atom stereocenters. The van der Waals surface area contributed by atoms with E-state index in [2.05, 4.69) is 10.6 Å². The third-order valence-electron chi connectivity index (χ3n) is 6.24. The number of hydrogen-bond acceptors (Lipinski definition) is 3. The second-order valence-electron chi connectivity index (χ2n) is 8.14. The molecule has 2 bridgehead atoms. The first-order valence-corrected chi connectivity index (χ1v) is 10.1. The highest BCUT2D eigenvalue weighted by molar-refractivity contribution is 6.10. The van der Waals surface area contributed by atoms with E-state index >= 15 is 0 Å². The molecule has 1 aromatic heterocycles.